The van der Waals surface area contributed by atoms with E-state index in [1.54, 1.807) is 6.92 Å². The van der Waals surface area contributed by atoms with Crippen LogP contribution in [-0.4, -0.2) is 29.7 Å². The van der Waals surface area contributed by atoms with Gasteiger partial charge in [0.05, 0.1) is 22.7 Å². The van der Waals surface area contributed by atoms with Gasteiger partial charge in [-0.25, -0.2) is 4.39 Å². The molecule has 0 bridgehead atoms. The third kappa shape index (κ3) is 3.38. The van der Waals surface area contributed by atoms with Crippen LogP contribution in [0.25, 0.3) is 10.9 Å². The first-order chi connectivity index (χ1) is 12.8. The van der Waals surface area contributed by atoms with Crippen LogP contribution in [-0.2, 0) is 0 Å². The number of aromatic nitrogens is 1. The van der Waals surface area contributed by atoms with Crippen LogP contribution in [0.3, 0.4) is 0 Å². The van der Waals surface area contributed by atoms with Gasteiger partial charge < -0.3 is 25.1 Å². The molecule has 1 aromatic carbocycles. The summed E-state index contributed by atoms with van der Waals surface area (Å²) >= 11 is 0. The molecule has 2 aromatic rings. The van der Waals surface area contributed by atoms with Crippen molar-refractivity contribution < 1.29 is 43.8 Å². The Morgan fingerprint density at radius 1 is 1.39 bits per heavy atom. The third-order valence-electron chi connectivity index (χ3n) is 5.94. The Kier molecular flexibility index (Phi) is 5.92. The van der Waals surface area contributed by atoms with Gasteiger partial charge >= 0.3 is 29.6 Å². The van der Waals surface area contributed by atoms with E-state index in [4.69, 9.17) is 5.73 Å². The van der Waals surface area contributed by atoms with Crippen LogP contribution in [0.2, 0.25) is 0 Å². The Labute approximate surface area is 184 Å². The van der Waals surface area contributed by atoms with E-state index in [2.05, 4.69) is 0 Å². The van der Waals surface area contributed by atoms with Gasteiger partial charge in [0.25, 0.3) is 0 Å². The summed E-state index contributed by atoms with van der Waals surface area (Å²) in [5.74, 6) is -1.70. The zero-order chi connectivity index (χ0) is 19.5. The Morgan fingerprint density at radius 3 is 2.57 bits per heavy atom. The molecule has 2 fully saturated rings. The Morgan fingerprint density at radius 2 is 2.04 bits per heavy atom. The number of aromatic carboxylic acids is 1. The van der Waals surface area contributed by atoms with E-state index in [9.17, 15) is 19.1 Å². The number of benzene rings is 1. The molecule has 2 aliphatic rings. The van der Waals surface area contributed by atoms with Crippen LogP contribution in [0.1, 0.15) is 48.1 Å². The number of carboxylic acid groups (broad SMARTS) is 1. The predicted octanol–water partition coefficient (Wildman–Crippen LogP) is -1.68. The fraction of sp³-hybridized carbons (Fsp3) is 0.500. The zero-order valence-electron chi connectivity index (χ0n) is 16.5. The smallest absolute Gasteiger partial charge is 0.545 e. The molecule has 28 heavy (non-hydrogen) atoms. The predicted molar refractivity (Wildman–Crippen MR) is 99.5 cm³/mol. The minimum absolute atomic E-state index is 0. The number of aryl methyl sites for hydroxylation is 1. The van der Waals surface area contributed by atoms with Crippen molar-refractivity contribution >= 4 is 22.6 Å². The number of carbonyl (C=O) groups is 1. The van der Waals surface area contributed by atoms with Crippen molar-refractivity contribution in [2.24, 2.45) is 11.7 Å². The van der Waals surface area contributed by atoms with Gasteiger partial charge in [-0.1, -0.05) is 6.92 Å². The molecule has 2 N–H and O–H groups in total. The number of hydrogen-bond acceptors (Lipinski definition) is 5. The van der Waals surface area contributed by atoms with E-state index < -0.39 is 22.8 Å². The molecule has 0 spiro atoms. The van der Waals surface area contributed by atoms with Gasteiger partial charge in [0.1, 0.15) is 5.82 Å². The van der Waals surface area contributed by atoms with Gasteiger partial charge in [-0.05, 0) is 37.8 Å². The molecule has 1 aliphatic carbocycles. The minimum Gasteiger partial charge on any atom is -0.545 e. The van der Waals surface area contributed by atoms with Gasteiger partial charge in [-0.3, -0.25) is 4.79 Å². The van der Waals surface area contributed by atoms with Crippen LogP contribution >= 0.6 is 0 Å². The summed E-state index contributed by atoms with van der Waals surface area (Å²) < 4.78 is 16.8. The molecule has 0 amide bonds. The third-order valence-corrected chi connectivity index (χ3v) is 5.94. The van der Waals surface area contributed by atoms with Gasteiger partial charge in [-0.2, -0.15) is 0 Å². The monoisotopic (exact) mass is 395 g/mol. The van der Waals surface area contributed by atoms with E-state index >= 15 is 0 Å². The Bertz CT molecular complexity index is 997. The summed E-state index contributed by atoms with van der Waals surface area (Å²) in [7, 11) is 0. The first kappa shape index (κ1) is 21.3. The minimum atomic E-state index is -1.53. The second-order valence-electron chi connectivity index (χ2n) is 7.76. The van der Waals surface area contributed by atoms with Gasteiger partial charge in [0, 0.05) is 42.7 Å². The molecule has 1 saturated carbocycles. The average molecular weight is 395 g/mol. The first-order valence-electron chi connectivity index (χ1n) is 9.43. The van der Waals surface area contributed by atoms with E-state index in [0.717, 1.165) is 19.3 Å². The number of nitrogens with two attached hydrogens (primary N) is 1. The normalized spacial score (nSPS) is 17.9. The summed E-state index contributed by atoms with van der Waals surface area (Å²) in [5.41, 5.74) is 6.76. The van der Waals surface area contributed by atoms with E-state index in [1.807, 2.05) is 16.4 Å². The van der Waals surface area contributed by atoms with Gasteiger partial charge in [0.2, 0.25) is 0 Å². The average Bonchev–Trinajstić information content (AvgIpc) is 3.41. The van der Waals surface area contributed by atoms with Crippen molar-refractivity contribution in [2.45, 2.75) is 45.2 Å². The molecule has 1 aliphatic heterocycles. The summed E-state index contributed by atoms with van der Waals surface area (Å²) in [6, 6.07) is 1.42. The first-order valence-corrected chi connectivity index (χ1v) is 9.43. The molecule has 1 atom stereocenters. The molecular weight excluding hydrogens is 372 g/mol. The van der Waals surface area contributed by atoms with Crippen LogP contribution in [0.5, 0.6) is 0 Å². The number of halogens is 1. The van der Waals surface area contributed by atoms with Crippen molar-refractivity contribution in [2.75, 3.05) is 18.0 Å². The van der Waals surface area contributed by atoms with Crippen molar-refractivity contribution in [3.05, 3.63) is 39.4 Å². The maximum atomic E-state index is 14.9. The van der Waals surface area contributed by atoms with Crippen molar-refractivity contribution in [3.8, 4) is 0 Å². The fourth-order valence-corrected chi connectivity index (χ4v) is 4.14. The van der Waals surface area contributed by atoms with E-state index in [1.165, 1.54) is 12.3 Å². The largest absolute Gasteiger partial charge is 1.00 e. The Balaban J connectivity index is 0.00000225. The molecule has 2 heterocycles. The number of fused-ring (bicyclic) bond motifs is 1. The number of nitrogens with zero attached hydrogens (tertiary/aromatic N) is 2. The van der Waals surface area contributed by atoms with Crippen molar-refractivity contribution in [3.63, 3.8) is 0 Å². The molecule has 144 valence electrons. The number of rotatable bonds is 5. The standard InChI is InChI=1S/C20H24FN3O3.Na/c1-3-16(22)11-7-23(8-11)18-10(2)17-13(6-15(18)21)19(25)14(20(26)27)9-24(17)12-4-5-12;/h6,9,11-12,16H,3-5,7-8,22H2,1-2H3,(H,26,27);/q;+1/p-1. The molecular formula is C20H23FN3NaO3. The quantitative estimate of drug-likeness (QED) is 0.611. The molecule has 1 saturated heterocycles. The number of carboxylic acids is 1. The second-order valence-corrected chi connectivity index (χ2v) is 7.76. The zero-order valence-corrected chi connectivity index (χ0v) is 18.5. The second kappa shape index (κ2) is 7.78. The summed E-state index contributed by atoms with van der Waals surface area (Å²) in [6.07, 6.45) is 4.06. The van der Waals surface area contributed by atoms with Crippen molar-refractivity contribution in [1.29, 1.82) is 0 Å². The number of hydrogen-bond donors (Lipinski definition) is 1. The van der Waals surface area contributed by atoms with E-state index in [0.29, 0.717) is 35.8 Å². The molecule has 6 nitrogen and oxygen atoms in total. The van der Waals surface area contributed by atoms with E-state index in [-0.39, 0.29) is 47.0 Å². The van der Waals surface area contributed by atoms with Crippen LogP contribution in [0.15, 0.2) is 17.1 Å². The summed E-state index contributed by atoms with van der Waals surface area (Å²) in [6.45, 7) is 5.20. The number of anilines is 1. The maximum Gasteiger partial charge on any atom is 1.00 e. The molecule has 8 heteroatoms. The maximum absolute atomic E-state index is 14.9. The van der Waals surface area contributed by atoms with Crippen LogP contribution in [0, 0.1) is 18.7 Å². The molecule has 1 unspecified atom stereocenters. The molecule has 0 radical (unpaired) electrons. The van der Waals surface area contributed by atoms with Crippen LogP contribution < -0.4 is 50.7 Å². The van der Waals surface area contributed by atoms with Crippen LogP contribution in [0.4, 0.5) is 10.1 Å². The van der Waals surface area contributed by atoms with Gasteiger partial charge in [-0.15, -0.1) is 0 Å². The Hall–Kier alpha value is -1.41. The number of carbonyl (C=O) groups excluding carboxylic acids is 1. The fourth-order valence-electron chi connectivity index (χ4n) is 4.14. The summed E-state index contributed by atoms with van der Waals surface area (Å²) in [5, 5.41) is 11.5. The molecule has 1 aromatic heterocycles. The molecule has 4 rings (SSSR count). The van der Waals surface area contributed by atoms with Gasteiger partial charge in [0.15, 0.2) is 5.43 Å². The van der Waals surface area contributed by atoms with Crippen molar-refractivity contribution in [1.82, 2.24) is 4.57 Å². The summed E-state index contributed by atoms with van der Waals surface area (Å²) in [4.78, 5) is 25.9. The SMILES string of the molecule is CCC(N)C1CN(c2c(F)cc3c(=O)c(C(=O)[O-])cn(C4CC4)c3c2C)C1.[Na+]. The number of pyridine rings is 1. The topological polar surface area (TPSA) is 91.4 Å².